The van der Waals surface area contributed by atoms with Crippen LogP contribution in [0.3, 0.4) is 0 Å². The topological polar surface area (TPSA) is 70.4 Å². The van der Waals surface area contributed by atoms with Crippen LogP contribution in [0.15, 0.2) is 37.9 Å². The molecule has 0 aliphatic carbocycles. The van der Waals surface area contributed by atoms with Crippen molar-refractivity contribution in [2.45, 2.75) is 6.42 Å². The lowest BCUT2D eigenvalue weighted by atomic mass is 10.00. The molecule has 0 spiro atoms. The van der Waals surface area contributed by atoms with Crippen LogP contribution >= 0.6 is 15.9 Å². The van der Waals surface area contributed by atoms with Gasteiger partial charge in [0.2, 0.25) is 12.5 Å². The summed E-state index contributed by atoms with van der Waals surface area (Å²) in [5.74, 6) is 2.48. The number of fused-ring (bicyclic) bond motifs is 3. The molecule has 0 radical (unpaired) electrons. The van der Waals surface area contributed by atoms with E-state index in [4.69, 9.17) is 23.4 Å². The Kier molecular flexibility index (Phi) is 4.81. The number of rotatable bonds is 3. The van der Waals surface area contributed by atoms with Crippen molar-refractivity contribution in [1.29, 1.82) is 0 Å². The van der Waals surface area contributed by atoms with Gasteiger partial charge in [-0.2, -0.15) is 0 Å². The maximum absolute atomic E-state index is 12.4. The van der Waals surface area contributed by atoms with E-state index in [0.717, 1.165) is 45.2 Å². The molecule has 31 heavy (non-hydrogen) atoms. The molecule has 3 aromatic rings. The van der Waals surface area contributed by atoms with Crippen LogP contribution in [0.5, 0.6) is 23.0 Å². The molecule has 0 N–H and O–H groups in total. The highest BCUT2D eigenvalue weighted by Gasteiger charge is 2.31. The molecular weight excluding hydrogens is 466 g/mol. The van der Waals surface area contributed by atoms with Crippen LogP contribution in [0.25, 0.3) is 22.7 Å². The van der Waals surface area contributed by atoms with E-state index in [2.05, 4.69) is 20.8 Å². The fourth-order valence-electron chi connectivity index (χ4n) is 4.14. The van der Waals surface area contributed by atoms with Crippen molar-refractivity contribution in [2.75, 3.05) is 34.6 Å². The Labute approximate surface area is 186 Å². The highest BCUT2D eigenvalue weighted by molar-refractivity contribution is 9.10. The number of benzene rings is 2. The first kappa shape index (κ1) is 19.8. The van der Waals surface area contributed by atoms with Crippen LogP contribution in [0.4, 0.5) is 0 Å². The van der Waals surface area contributed by atoms with Crippen molar-refractivity contribution in [3.8, 4) is 23.0 Å². The standard InChI is InChI=1S/C23H20BrNO6/c1-25-7-6-14-16(21(28-3)23-22(20(14)24)29-11-30-23)9-17(25)15-10-19(26)31-18-8-12(27-2)4-5-13(15)18/h4-5,8-10H,6-7,11H2,1-3H3. The summed E-state index contributed by atoms with van der Waals surface area (Å²) in [5, 5.41) is 0.820. The Bertz CT molecular complexity index is 1300. The fraction of sp³-hybridized carbons (Fsp3) is 0.261. The molecule has 2 aliphatic rings. The zero-order valence-electron chi connectivity index (χ0n) is 17.3. The van der Waals surface area contributed by atoms with E-state index >= 15 is 0 Å². The van der Waals surface area contributed by atoms with E-state index in [0.29, 0.717) is 28.6 Å². The van der Waals surface area contributed by atoms with Crippen LogP contribution in [0.2, 0.25) is 0 Å². The Morgan fingerprint density at radius 1 is 1.10 bits per heavy atom. The van der Waals surface area contributed by atoms with Crippen molar-refractivity contribution in [3.63, 3.8) is 0 Å². The van der Waals surface area contributed by atoms with Crippen LogP contribution < -0.4 is 24.6 Å². The monoisotopic (exact) mass is 485 g/mol. The summed E-state index contributed by atoms with van der Waals surface area (Å²) in [4.78, 5) is 14.5. The molecule has 2 aromatic carbocycles. The van der Waals surface area contributed by atoms with Gasteiger partial charge in [-0.1, -0.05) is 0 Å². The van der Waals surface area contributed by atoms with Crippen molar-refractivity contribution in [1.82, 2.24) is 4.90 Å². The zero-order chi connectivity index (χ0) is 21.7. The van der Waals surface area contributed by atoms with Gasteiger partial charge in [-0.25, -0.2) is 4.79 Å². The van der Waals surface area contributed by atoms with Gasteiger partial charge in [0, 0.05) is 47.9 Å². The Balaban J connectivity index is 1.79. The molecule has 5 rings (SSSR count). The molecule has 0 unspecified atom stereocenters. The van der Waals surface area contributed by atoms with Gasteiger partial charge in [-0.3, -0.25) is 0 Å². The van der Waals surface area contributed by atoms with Gasteiger partial charge < -0.3 is 28.3 Å². The second kappa shape index (κ2) is 7.53. The maximum Gasteiger partial charge on any atom is 0.336 e. The molecule has 8 heteroatoms. The summed E-state index contributed by atoms with van der Waals surface area (Å²) in [6.07, 6.45) is 2.79. The summed E-state index contributed by atoms with van der Waals surface area (Å²) < 4.78 is 28.7. The van der Waals surface area contributed by atoms with Gasteiger partial charge in [-0.15, -0.1) is 0 Å². The molecule has 1 aromatic heterocycles. The van der Waals surface area contributed by atoms with Crippen molar-refractivity contribution in [2.24, 2.45) is 0 Å². The van der Waals surface area contributed by atoms with Gasteiger partial charge in [0.05, 0.1) is 18.7 Å². The van der Waals surface area contributed by atoms with Crippen LogP contribution in [0.1, 0.15) is 16.7 Å². The van der Waals surface area contributed by atoms with Gasteiger partial charge in [0.25, 0.3) is 0 Å². The van der Waals surface area contributed by atoms with E-state index in [1.165, 1.54) is 6.07 Å². The lowest BCUT2D eigenvalue weighted by molar-refractivity contribution is 0.170. The predicted molar refractivity (Wildman–Crippen MR) is 120 cm³/mol. The zero-order valence-corrected chi connectivity index (χ0v) is 18.9. The second-order valence-electron chi connectivity index (χ2n) is 7.35. The smallest absolute Gasteiger partial charge is 0.336 e. The third-order valence-electron chi connectivity index (χ3n) is 5.67. The van der Waals surface area contributed by atoms with Crippen molar-refractivity contribution < 1.29 is 23.4 Å². The summed E-state index contributed by atoms with van der Waals surface area (Å²) >= 11 is 3.69. The van der Waals surface area contributed by atoms with Gasteiger partial charge in [0.1, 0.15) is 11.3 Å². The molecule has 0 saturated heterocycles. The molecule has 7 nitrogen and oxygen atoms in total. The number of ether oxygens (including phenoxy) is 4. The third kappa shape index (κ3) is 3.13. The van der Waals surface area contributed by atoms with Crippen LogP contribution in [0, 0.1) is 0 Å². The number of methoxy groups -OCH3 is 2. The lowest BCUT2D eigenvalue weighted by Gasteiger charge is -2.22. The molecule has 0 atom stereocenters. The third-order valence-corrected chi connectivity index (χ3v) is 6.51. The first-order valence-electron chi connectivity index (χ1n) is 9.75. The minimum atomic E-state index is -0.423. The number of nitrogens with zero attached hydrogens (tertiary/aromatic N) is 1. The van der Waals surface area contributed by atoms with Gasteiger partial charge in [-0.05, 0) is 46.1 Å². The normalized spacial score (nSPS) is 14.8. The molecule has 3 heterocycles. The van der Waals surface area contributed by atoms with Gasteiger partial charge >= 0.3 is 5.63 Å². The van der Waals surface area contributed by atoms with Crippen LogP contribution in [-0.2, 0) is 6.42 Å². The Hall–Kier alpha value is -3.13. The van der Waals surface area contributed by atoms with E-state index in [1.54, 1.807) is 20.3 Å². The van der Waals surface area contributed by atoms with Crippen LogP contribution in [-0.4, -0.2) is 39.5 Å². The van der Waals surface area contributed by atoms with E-state index in [9.17, 15) is 4.79 Å². The van der Waals surface area contributed by atoms with Gasteiger partial charge in [0.15, 0.2) is 11.5 Å². The largest absolute Gasteiger partial charge is 0.497 e. The quantitative estimate of drug-likeness (QED) is 0.512. The molecule has 0 saturated carbocycles. The van der Waals surface area contributed by atoms with Crippen molar-refractivity contribution >= 4 is 38.7 Å². The molecule has 0 fully saturated rings. The average Bonchev–Trinajstić information content (AvgIpc) is 3.19. The van der Waals surface area contributed by atoms with E-state index < -0.39 is 5.63 Å². The van der Waals surface area contributed by atoms with E-state index in [1.807, 2.05) is 25.3 Å². The first-order valence-corrected chi connectivity index (χ1v) is 10.5. The Morgan fingerprint density at radius 3 is 2.68 bits per heavy atom. The summed E-state index contributed by atoms with van der Waals surface area (Å²) in [5.41, 5.74) is 3.67. The SMILES string of the molecule is COc1ccc2c(C3=Cc4c(c(Br)c5c(c4OC)OCO5)CCN3C)cc(=O)oc2c1. The van der Waals surface area contributed by atoms with E-state index in [-0.39, 0.29) is 6.79 Å². The summed E-state index contributed by atoms with van der Waals surface area (Å²) in [7, 11) is 5.20. The second-order valence-corrected chi connectivity index (χ2v) is 8.14. The molecular formula is C23H20BrNO6. The first-order chi connectivity index (χ1) is 15.0. The minimum absolute atomic E-state index is 0.149. The molecule has 2 aliphatic heterocycles. The molecule has 160 valence electrons. The Morgan fingerprint density at radius 2 is 1.90 bits per heavy atom. The highest BCUT2D eigenvalue weighted by atomic mass is 79.9. The summed E-state index contributed by atoms with van der Waals surface area (Å²) in [6, 6.07) is 7.00. The van der Waals surface area contributed by atoms with Crippen molar-refractivity contribution in [3.05, 3.63) is 55.8 Å². The number of likely N-dealkylation sites (N-methyl/N-ethyl adjacent to an activating group) is 1. The highest BCUT2D eigenvalue weighted by Crippen LogP contribution is 2.52. The number of hydrogen-bond donors (Lipinski definition) is 0. The number of halogens is 1. The molecule has 0 amide bonds. The maximum atomic E-state index is 12.4. The lowest BCUT2D eigenvalue weighted by Crippen LogP contribution is -2.19. The molecule has 0 bridgehead atoms. The fourth-order valence-corrected chi connectivity index (χ4v) is 4.84. The minimum Gasteiger partial charge on any atom is -0.497 e. The number of hydrogen-bond acceptors (Lipinski definition) is 7. The average molecular weight is 486 g/mol. The predicted octanol–water partition coefficient (Wildman–Crippen LogP) is 4.29. The summed E-state index contributed by atoms with van der Waals surface area (Å²) in [6.45, 7) is 0.883.